The molecule has 5 heteroatoms. The van der Waals surface area contributed by atoms with Crippen LogP contribution in [-0.2, 0) is 11.2 Å². The fraction of sp³-hybridized carbons (Fsp3) is 0.529. The maximum Gasteiger partial charge on any atom is 0.241 e. The third-order valence-corrected chi connectivity index (χ3v) is 4.29. The first-order valence-corrected chi connectivity index (χ1v) is 7.49. The van der Waals surface area contributed by atoms with Crippen molar-refractivity contribution in [1.29, 1.82) is 5.26 Å². The molecule has 4 nitrogen and oxygen atoms in total. The van der Waals surface area contributed by atoms with Crippen LogP contribution < -0.4 is 5.73 Å². The van der Waals surface area contributed by atoms with Gasteiger partial charge >= 0.3 is 0 Å². The van der Waals surface area contributed by atoms with E-state index < -0.39 is 23.7 Å². The standard InChI is InChI=1S/C17H22FN3O/c1-17(2,9-12-6-4-3-5-7-12)15(20)16(22)21-11-13(18)8-14(21)10-19/h3-7,13-15H,8-9,11,20H2,1-2H3/t13-,14-,15+/m0/s1. The number of carbonyl (C=O) groups is 1. The highest BCUT2D eigenvalue weighted by Crippen LogP contribution is 2.29. The van der Waals surface area contributed by atoms with Crippen LogP contribution in [0.1, 0.15) is 25.8 Å². The third-order valence-electron chi connectivity index (χ3n) is 4.29. The second-order valence-corrected chi connectivity index (χ2v) is 6.60. The van der Waals surface area contributed by atoms with Crippen LogP contribution in [0.2, 0.25) is 0 Å². The van der Waals surface area contributed by atoms with Gasteiger partial charge in [0.1, 0.15) is 12.2 Å². The Morgan fingerprint density at radius 1 is 1.50 bits per heavy atom. The maximum absolute atomic E-state index is 13.5. The number of rotatable bonds is 4. The van der Waals surface area contributed by atoms with E-state index >= 15 is 0 Å². The van der Waals surface area contributed by atoms with Gasteiger partial charge in [-0.25, -0.2) is 4.39 Å². The monoisotopic (exact) mass is 303 g/mol. The van der Waals surface area contributed by atoms with Gasteiger partial charge in [0.05, 0.1) is 18.7 Å². The van der Waals surface area contributed by atoms with Gasteiger partial charge in [-0.05, 0) is 17.4 Å². The predicted molar refractivity (Wildman–Crippen MR) is 82.5 cm³/mol. The molecule has 118 valence electrons. The lowest BCUT2D eigenvalue weighted by Gasteiger charge is -2.34. The Balaban J connectivity index is 2.10. The second kappa shape index (κ2) is 6.45. The van der Waals surface area contributed by atoms with Crippen LogP contribution >= 0.6 is 0 Å². The molecule has 1 saturated heterocycles. The smallest absolute Gasteiger partial charge is 0.241 e. The summed E-state index contributed by atoms with van der Waals surface area (Å²) in [4.78, 5) is 13.9. The minimum absolute atomic E-state index is 0.0355. The molecule has 2 N–H and O–H groups in total. The van der Waals surface area contributed by atoms with Gasteiger partial charge in [-0.3, -0.25) is 4.79 Å². The maximum atomic E-state index is 13.5. The number of hydrogen-bond acceptors (Lipinski definition) is 3. The molecule has 22 heavy (non-hydrogen) atoms. The average Bonchev–Trinajstić information content (AvgIpc) is 2.87. The summed E-state index contributed by atoms with van der Waals surface area (Å²) in [6, 6.07) is 10.3. The van der Waals surface area contributed by atoms with Gasteiger partial charge in [-0.1, -0.05) is 44.2 Å². The fourth-order valence-corrected chi connectivity index (χ4v) is 2.90. The van der Waals surface area contributed by atoms with E-state index in [1.54, 1.807) is 0 Å². The van der Waals surface area contributed by atoms with Crippen molar-refractivity contribution in [3.8, 4) is 6.07 Å². The molecule has 0 radical (unpaired) electrons. The number of alkyl halides is 1. The van der Waals surface area contributed by atoms with Crippen LogP contribution in [0.4, 0.5) is 4.39 Å². The largest absolute Gasteiger partial charge is 0.322 e. The second-order valence-electron chi connectivity index (χ2n) is 6.60. The molecule has 0 aliphatic carbocycles. The van der Waals surface area contributed by atoms with Crippen molar-refractivity contribution in [3.63, 3.8) is 0 Å². The molecule has 0 unspecified atom stereocenters. The van der Waals surface area contributed by atoms with E-state index in [1.165, 1.54) is 4.90 Å². The molecular weight excluding hydrogens is 281 g/mol. The number of nitrogens with zero attached hydrogens (tertiary/aromatic N) is 2. The van der Waals surface area contributed by atoms with Gasteiger partial charge in [0.15, 0.2) is 0 Å². The molecule has 1 aromatic rings. The number of hydrogen-bond donors (Lipinski definition) is 1. The lowest BCUT2D eigenvalue weighted by Crippen LogP contribution is -2.53. The SMILES string of the molecule is CC(C)(Cc1ccccc1)[C@H](N)C(=O)N1C[C@@H](F)C[C@H]1C#N. The number of carbonyl (C=O) groups excluding carboxylic acids is 1. The van der Waals surface area contributed by atoms with Gasteiger partial charge < -0.3 is 10.6 Å². The Bertz CT molecular complexity index is 567. The number of nitrogens with two attached hydrogens (primary N) is 1. The van der Waals surface area contributed by atoms with Crippen molar-refractivity contribution in [2.45, 2.75) is 44.9 Å². The molecule has 1 aliphatic rings. The molecule has 1 amide bonds. The van der Waals surface area contributed by atoms with Gasteiger partial charge in [0, 0.05) is 6.42 Å². The number of likely N-dealkylation sites (tertiary alicyclic amines) is 1. The van der Waals surface area contributed by atoms with Crippen LogP contribution in [0.3, 0.4) is 0 Å². The normalized spacial score (nSPS) is 23.1. The number of nitriles is 1. The molecule has 1 heterocycles. The first-order valence-electron chi connectivity index (χ1n) is 7.49. The van der Waals surface area contributed by atoms with Crippen LogP contribution in [0.25, 0.3) is 0 Å². The highest BCUT2D eigenvalue weighted by molar-refractivity contribution is 5.83. The summed E-state index contributed by atoms with van der Waals surface area (Å²) in [6.07, 6.45) is -0.420. The van der Waals surface area contributed by atoms with Gasteiger partial charge in [-0.15, -0.1) is 0 Å². The van der Waals surface area contributed by atoms with Crippen LogP contribution in [0.5, 0.6) is 0 Å². The molecule has 0 bridgehead atoms. The number of benzene rings is 1. The summed E-state index contributed by atoms with van der Waals surface area (Å²) in [5, 5.41) is 9.07. The zero-order valence-electron chi connectivity index (χ0n) is 13.0. The zero-order valence-corrected chi connectivity index (χ0v) is 13.0. The first kappa shape index (κ1) is 16.4. The molecule has 2 rings (SSSR count). The van der Waals surface area contributed by atoms with Crippen molar-refractivity contribution < 1.29 is 9.18 Å². The van der Waals surface area contributed by atoms with Crippen LogP contribution in [0, 0.1) is 16.7 Å². The van der Waals surface area contributed by atoms with E-state index in [0.29, 0.717) is 6.42 Å². The Labute approximate surface area is 130 Å². The highest BCUT2D eigenvalue weighted by atomic mass is 19.1. The zero-order chi connectivity index (χ0) is 16.3. The van der Waals surface area contributed by atoms with Crippen molar-refractivity contribution in [1.82, 2.24) is 4.90 Å². The van der Waals surface area contributed by atoms with Crippen molar-refractivity contribution in [2.24, 2.45) is 11.1 Å². The Kier molecular flexibility index (Phi) is 4.82. The van der Waals surface area contributed by atoms with Crippen LogP contribution in [-0.4, -0.2) is 35.6 Å². The summed E-state index contributed by atoms with van der Waals surface area (Å²) in [7, 11) is 0. The lowest BCUT2D eigenvalue weighted by atomic mass is 9.78. The number of amides is 1. The highest BCUT2D eigenvalue weighted by Gasteiger charge is 2.41. The van der Waals surface area contributed by atoms with Crippen molar-refractivity contribution >= 4 is 5.91 Å². The van der Waals surface area contributed by atoms with Crippen molar-refractivity contribution in [3.05, 3.63) is 35.9 Å². The van der Waals surface area contributed by atoms with Crippen molar-refractivity contribution in [2.75, 3.05) is 6.54 Å². The predicted octanol–water partition coefficient (Wildman–Crippen LogP) is 2.05. The molecule has 1 aromatic carbocycles. The molecule has 3 atom stereocenters. The molecule has 0 saturated carbocycles. The Hall–Kier alpha value is -1.93. The summed E-state index contributed by atoms with van der Waals surface area (Å²) >= 11 is 0. The third kappa shape index (κ3) is 3.45. The average molecular weight is 303 g/mol. The van der Waals surface area contributed by atoms with E-state index in [0.717, 1.165) is 5.56 Å². The Morgan fingerprint density at radius 2 is 2.14 bits per heavy atom. The van der Waals surface area contributed by atoms with E-state index in [2.05, 4.69) is 0 Å². The van der Waals surface area contributed by atoms with E-state index in [-0.39, 0.29) is 18.9 Å². The minimum Gasteiger partial charge on any atom is -0.322 e. The molecule has 0 aromatic heterocycles. The molecule has 1 fully saturated rings. The summed E-state index contributed by atoms with van der Waals surface area (Å²) in [6.45, 7) is 3.81. The summed E-state index contributed by atoms with van der Waals surface area (Å²) < 4.78 is 13.5. The topological polar surface area (TPSA) is 70.1 Å². The summed E-state index contributed by atoms with van der Waals surface area (Å²) in [5.74, 6) is -0.340. The summed E-state index contributed by atoms with van der Waals surface area (Å²) in [5.41, 5.74) is 6.78. The molecular formula is C17H22FN3O. The van der Waals surface area contributed by atoms with E-state index in [4.69, 9.17) is 11.0 Å². The van der Waals surface area contributed by atoms with Gasteiger partial charge in [-0.2, -0.15) is 5.26 Å². The minimum atomic E-state index is -1.14. The van der Waals surface area contributed by atoms with E-state index in [1.807, 2.05) is 50.2 Å². The Morgan fingerprint density at radius 3 is 2.73 bits per heavy atom. The van der Waals surface area contributed by atoms with Gasteiger partial charge in [0.25, 0.3) is 0 Å². The molecule has 1 aliphatic heterocycles. The fourth-order valence-electron chi connectivity index (χ4n) is 2.90. The number of halogens is 1. The van der Waals surface area contributed by atoms with Gasteiger partial charge in [0.2, 0.25) is 5.91 Å². The van der Waals surface area contributed by atoms with Crippen LogP contribution in [0.15, 0.2) is 30.3 Å². The molecule has 0 spiro atoms. The lowest BCUT2D eigenvalue weighted by molar-refractivity contribution is -0.135. The van der Waals surface area contributed by atoms with E-state index in [9.17, 15) is 9.18 Å². The quantitative estimate of drug-likeness (QED) is 0.925. The first-order chi connectivity index (χ1) is 10.3.